The SMILES string of the molecule is CC(=NO)c1csc(NC(=O)CCC2CCCO2)n1. The number of ether oxygens (including phenoxy) is 1. The fraction of sp³-hybridized carbons (Fsp3) is 0.583. The van der Waals surface area contributed by atoms with E-state index < -0.39 is 0 Å². The van der Waals surface area contributed by atoms with Crippen LogP contribution in [0.2, 0.25) is 0 Å². The summed E-state index contributed by atoms with van der Waals surface area (Å²) in [4.78, 5) is 15.9. The first-order valence-electron chi connectivity index (χ1n) is 6.25. The monoisotopic (exact) mass is 283 g/mol. The van der Waals surface area contributed by atoms with E-state index in [1.807, 2.05) is 0 Å². The lowest BCUT2D eigenvalue weighted by Crippen LogP contribution is -2.15. The summed E-state index contributed by atoms with van der Waals surface area (Å²) in [6, 6.07) is 0. The van der Waals surface area contributed by atoms with Crippen molar-refractivity contribution in [2.45, 2.75) is 38.7 Å². The molecular weight excluding hydrogens is 266 g/mol. The van der Waals surface area contributed by atoms with Gasteiger partial charge in [0, 0.05) is 18.4 Å². The summed E-state index contributed by atoms with van der Waals surface area (Å²) in [6.45, 7) is 2.46. The Morgan fingerprint density at radius 2 is 2.58 bits per heavy atom. The number of nitrogens with one attached hydrogen (secondary N) is 1. The Labute approximate surface area is 115 Å². The quantitative estimate of drug-likeness (QED) is 0.493. The molecule has 0 saturated carbocycles. The zero-order valence-electron chi connectivity index (χ0n) is 10.8. The number of carbonyl (C=O) groups is 1. The van der Waals surface area contributed by atoms with Gasteiger partial charge in [0.2, 0.25) is 5.91 Å². The molecule has 1 amide bonds. The molecule has 104 valence electrons. The minimum Gasteiger partial charge on any atom is -0.411 e. The van der Waals surface area contributed by atoms with Gasteiger partial charge in [0.1, 0.15) is 11.4 Å². The molecule has 0 aromatic carbocycles. The van der Waals surface area contributed by atoms with Gasteiger partial charge in [-0.25, -0.2) is 4.98 Å². The number of anilines is 1. The first-order valence-corrected chi connectivity index (χ1v) is 7.13. The summed E-state index contributed by atoms with van der Waals surface area (Å²) in [6.07, 6.45) is 3.54. The Hall–Kier alpha value is -1.47. The van der Waals surface area contributed by atoms with Gasteiger partial charge < -0.3 is 15.3 Å². The summed E-state index contributed by atoms with van der Waals surface area (Å²) >= 11 is 1.31. The minimum atomic E-state index is -0.0602. The summed E-state index contributed by atoms with van der Waals surface area (Å²) in [5, 5.41) is 16.7. The van der Waals surface area contributed by atoms with Crippen LogP contribution in [0, 0.1) is 0 Å². The third kappa shape index (κ3) is 4.00. The molecule has 1 aromatic heterocycles. The second kappa shape index (κ2) is 6.63. The lowest BCUT2D eigenvalue weighted by atomic mass is 10.1. The van der Waals surface area contributed by atoms with Gasteiger partial charge in [0.25, 0.3) is 0 Å². The van der Waals surface area contributed by atoms with Crippen molar-refractivity contribution in [2.75, 3.05) is 11.9 Å². The van der Waals surface area contributed by atoms with Crippen LogP contribution >= 0.6 is 11.3 Å². The van der Waals surface area contributed by atoms with Gasteiger partial charge in [0.15, 0.2) is 5.13 Å². The Balaban J connectivity index is 1.79. The lowest BCUT2D eigenvalue weighted by molar-refractivity contribution is -0.116. The molecule has 1 atom stereocenters. The number of hydrogen-bond donors (Lipinski definition) is 2. The molecule has 0 radical (unpaired) electrons. The average molecular weight is 283 g/mol. The molecule has 0 bridgehead atoms. The second-order valence-electron chi connectivity index (χ2n) is 4.45. The number of hydrogen-bond acceptors (Lipinski definition) is 6. The molecule has 2 rings (SSSR count). The maximum atomic E-state index is 11.7. The van der Waals surface area contributed by atoms with Crippen molar-refractivity contribution in [2.24, 2.45) is 5.16 Å². The Bertz CT molecular complexity index is 467. The normalized spacial score (nSPS) is 19.6. The number of aromatic nitrogens is 1. The van der Waals surface area contributed by atoms with Crippen LogP contribution in [0.15, 0.2) is 10.5 Å². The maximum Gasteiger partial charge on any atom is 0.226 e. The highest BCUT2D eigenvalue weighted by molar-refractivity contribution is 7.14. The zero-order chi connectivity index (χ0) is 13.7. The van der Waals surface area contributed by atoms with E-state index in [0.717, 1.165) is 25.9 Å². The van der Waals surface area contributed by atoms with Crippen molar-refractivity contribution in [3.05, 3.63) is 11.1 Å². The van der Waals surface area contributed by atoms with E-state index in [9.17, 15) is 4.79 Å². The van der Waals surface area contributed by atoms with Crippen LogP contribution in [0.4, 0.5) is 5.13 Å². The second-order valence-corrected chi connectivity index (χ2v) is 5.30. The highest BCUT2D eigenvalue weighted by atomic mass is 32.1. The van der Waals surface area contributed by atoms with Crippen molar-refractivity contribution >= 4 is 28.1 Å². The molecule has 2 heterocycles. The maximum absolute atomic E-state index is 11.7. The van der Waals surface area contributed by atoms with Crippen molar-refractivity contribution in [1.29, 1.82) is 0 Å². The molecule has 1 fully saturated rings. The Kier molecular flexibility index (Phi) is 4.86. The first kappa shape index (κ1) is 14.0. The largest absolute Gasteiger partial charge is 0.411 e. The van der Waals surface area contributed by atoms with Gasteiger partial charge in [-0.1, -0.05) is 5.16 Å². The van der Waals surface area contributed by atoms with Gasteiger partial charge in [-0.2, -0.15) is 0 Å². The molecule has 19 heavy (non-hydrogen) atoms. The summed E-state index contributed by atoms with van der Waals surface area (Å²) in [5.41, 5.74) is 0.998. The number of oxime groups is 1. The summed E-state index contributed by atoms with van der Waals surface area (Å²) in [7, 11) is 0. The summed E-state index contributed by atoms with van der Waals surface area (Å²) in [5.74, 6) is -0.0602. The molecule has 0 aliphatic carbocycles. The molecule has 1 saturated heterocycles. The third-order valence-corrected chi connectivity index (χ3v) is 3.75. The number of nitrogens with zero attached hydrogens (tertiary/aromatic N) is 2. The Morgan fingerprint density at radius 1 is 1.74 bits per heavy atom. The van der Waals surface area contributed by atoms with Gasteiger partial charge in [-0.15, -0.1) is 11.3 Å². The van der Waals surface area contributed by atoms with E-state index in [1.54, 1.807) is 12.3 Å². The Morgan fingerprint density at radius 3 is 3.26 bits per heavy atom. The van der Waals surface area contributed by atoms with Crippen LogP contribution in [0.3, 0.4) is 0 Å². The standard InChI is InChI=1S/C12H17N3O3S/c1-8(15-17)10-7-19-12(13-10)14-11(16)5-4-9-3-2-6-18-9/h7,9,17H,2-6H2,1H3,(H,13,14,16). The van der Waals surface area contributed by atoms with Crippen LogP contribution < -0.4 is 5.32 Å². The van der Waals surface area contributed by atoms with Crippen molar-refractivity contribution in [3.63, 3.8) is 0 Å². The minimum absolute atomic E-state index is 0.0602. The number of amides is 1. The van der Waals surface area contributed by atoms with Gasteiger partial charge in [-0.05, 0) is 26.2 Å². The highest BCUT2D eigenvalue weighted by Crippen LogP contribution is 2.19. The predicted molar refractivity (Wildman–Crippen MR) is 72.9 cm³/mol. The molecule has 1 aliphatic heterocycles. The van der Waals surface area contributed by atoms with Crippen LogP contribution in [0.5, 0.6) is 0 Å². The third-order valence-electron chi connectivity index (χ3n) is 2.99. The fourth-order valence-corrected chi connectivity index (χ4v) is 2.66. The van der Waals surface area contributed by atoms with Gasteiger partial charge in [0.05, 0.1) is 6.10 Å². The average Bonchev–Trinajstić information content (AvgIpc) is 3.06. The highest BCUT2D eigenvalue weighted by Gasteiger charge is 2.17. The zero-order valence-corrected chi connectivity index (χ0v) is 11.6. The van der Waals surface area contributed by atoms with Gasteiger partial charge >= 0.3 is 0 Å². The van der Waals surface area contributed by atoms with E-state index in [2.05, 4.69) is 15.5 Å². The lowest BCUT2D eigenvalue weighted by Gasteiger charge is -2.07. The van der Waals surface area contributed by atoms with Crippen LogP contribution in [-0.2, 0) is 9.53 Å². The molecule has 7 heteroatoms. The molecular formula is C12H17N3O3S. The van der Waals surface area contributed by atoms with Crippen molar-refractivity contribution < 1.29 is 14.7 Å². The first-order chi connectivity index (χ1) is 9.19. The summed E-state index contributed by atoms with van der Waals surface area (Å²) < 4.78 is 5.47. The van der Waals surface area contributed by atoms with Crippen LogP contribution in [0.25, 0.3) is 0 Å². The van der Waals surface area contributed by atoms with Gasteiger partial charge in [-0.3, -0.25) is 4.79 Å². The van der Waals surface area contributed by atoms with E-state index in [1.165, 1.54) is 11.3 Å². The molecule has 6 nitrogen and oxygen atoms in total. The topological polar surface area (TPSA) is 83.8 Å². The van der Waals surface area contributed by atoms with E-state index in [-0.39, 0.29) is 12.0 Å². The number of thiazole rings is 1. The molecule has 1 aliphatic rings. The molecule has 1 aromatic rings. The predicted octanol–water partition coefficient (Wildman–Crippen LogP) is 2.24. The van der Waals surface area contributed by atoms with Crippen molar-refractivity contribution in [1.82, 2.24) is 4.98 Å². The van der Waals surface area contributed by atoms with Crippen LogP contribution in [0.1, 0.15) is 38.3 Å². The van der Waals surface area contributed by atoms with E-state index >= 15 is 0 Å². The molecule has 2 N–H and O–H groups in total. The molecule has 1 unspecified atom stereocenters. The van der Waals surface area contributed by atoms with E-state index in [0.29, 0.717) is 23.0 Å². The molecule has 0 spiro atoms. The smallest absolute Gasteiger partial charge is 0.226 e. The number of carbonyl (C=O) groups excluding carboxylic acids is 1. The fourth-order valence-electron chi connectivity index (χ4n) is 1.89. The van der Waals surface area contributed by atoms with Crippen molar-refractivity contribution in [3.8, 4) is 0 Å². The number of rotatable bonds is 5. The van der Waals surface area contributed by atoms with E-state index in [4.69, 9.17) is 9.94 Å². The van der Waals surface area contributed by atoms with Crippen LogP contribution in [-0.4, -0.2) is 34.5 Å².